The van der Waals surface area contributed by atoms with E-state index in [0.717, 1.165) is 17.9 Å². The van der Waals surface area contributed by atoms with E-state index in [-0.39, 0.29) is 0 Å². The van der Waals surface area contributed by atoms with Crippen LogP contribution in [0.5, 0.6) is 0 Å². The number of likely N-dealkylation sites (N-methyl/N-ethyl adjacent to an activating group) is 1. The number of hydrogen-bond acceptors (Lipinski definition) is 3. The molecule has 0 amide bonds. The zero-order chi connectivity index (χ0) is 14.5. The van der Waals surface area contributed by atoms with Gasteiger partial charge in [-0.25, -0.2) is 4.98 Å². The van der Waals surface area contributed by atoms with Crippen LogP contribution in [0.15, 0.2) is 24.3 Å². The van der Waals surface area contributed by atoms with Crippen LogP contribution in [-0.2, 0) is 6.42 Å². The van der Waals surface area contributed by atoms with Crippen LogP contribution >= 0.6 is 11.3 Å². The van der Waals surface area contributed by atoms with Crippen LogP contribution in [0.1, 0.15) is 50.0 Å². The van der Waals surface area contributed by atoms with Gasteiger partial charge in [-0.2, -0.15) is 0 Å². The topological polar surface area (TPSA) is 24.9 Å². The Morgan fingerprint density at radius 2 is 1.86 bits per heavy atom. The van der Waals surface area contributed by atoms with Crippen LogP contribution in [-0.4, -0.2) is 18.1 Å². The average molecular weight is 302 g/mol. The third kappa shape index (κ3) is 3.83. The summed E-state index contributed by atoms with van der Waals surface area (Å²) in [6.45, 7) is 0. The fourth-order valence-electron chi connectivity index (χ4n) is 3.59. The average Bonchev–Trinajstić information content (AvgIpc) is 2.87. The predicted molar refractivity (Wildman–Crippen MR) is 92.0 cm³/mol. The molecule has 0 spiro atoms. The molecule has 1 unspecified atom stereocenters. The van der Waals surface area contributed by atoms with Crippen LogP contribution in [0, 0.1) is 5.92 Å². The van der Waals surface area contributed by atoms with Crippen molar-refractivity contribution in [1.29, 1.82) is 0 Å². The highest BCUT2D eigenvalue weighted by atomic mass is 32.1. The van der Waals surface area contributed by atoms with Gasteiger partial charge in [0.15, 0.2) is 0 Å². The van der Waals surface area contributed by atoms with Crippen molar-refractivity contribution < 1.29 is 0 Å². The molecule has 1 fully saturated rings. The molecule has 1 aliphatic carbocycles. The molecule has 0 bridgehead atoms. The lowest BCUT2D eigenvalue weighted by Crippen LogP contribution is -2.36. The molecular weight excluding hydrogens is 276 g/mol. The number of rotatable bonds is 4. The fraction of sp³-hybridized carbons (Fsp3) is 0.611. The number of thiazole rings is 1. The van der Waals surface area contributed by atoms with Gasteiger partial charge in [0.05, 0.1) is 15.2 Å². The monoisotopic (exact) mass is 302 g/mol. The van der Waals surface area contributed by atoms with Crippen LogP contribution < -0.4 is 5.32 Å². The summed E-state index contributed by atoms with van der Waals surface area (Å²) in [6.07, 6.45) is 11.0. The van der Waals surface area contributed by atoms with Gasteiger partial charge in [0, 0.05) is 12.5 Å². The second-order valence-electron chi connectivity index (χ2n) is 6.28. The highest BCUT2D eigenvalue weighted by Crippen LogP contribution is 2.28. The first-order valence-electron chi connectivity index (χ1n) is 8.38. The molecule has 1 heterocycles. The number of nitrogens with one attached hydrogen (secondary N) is 1. The molecule has 2 aromatic rings. The van der Waals surface area contributed by atoms with Gasteiger partial charge in [-0.15, -0.1) is 11.3 Å². The normalized spacial score (nSPS) is 19.3. The third-order valence-electron chi connectivity index (χ3n) is 4.82. The van der Waals surface area contributed by atoms with Crippen LogP contribution in [0.25, 0.3) is 10.2 Å². The number of para-hydroxylation sites is 1. The van der Waals surface area contributed by atoms with E-state index in [4.69, 9.17) is 4.98 Å². The molecule has 114 valence electrons. The number of fused-ring (bicyclic) bond motifs is 1. The van der Waals surface area contributed by atoms with E-state index in [1.807, 2.05) is 11.3 Å². The Morgan fingerprint density at radius 1 is 1.14 bits per heavy atom. The maximum Gasteiger partial charge on any atom is 0.0954 e. The van der Waals surface area contributed by atoms with Crippen molar-refractivity contribution in [2.75, 3.05) is 7.05 Å². The predicted octanol–water partition coefficient (Wildman–Crippen LogP) is 4.79. The summed E-state index contributed by atoms with van der Waals surface area (Å²) in [6, 6.07) is 9.08. The Hall–Kier alpha value is -0.930. The molecule has 0 aliphatic heterocycles. The van der Waals surface area contributed by atoms with Crippen molar-refractivity contribution in [2.45, 2.75) is 57.4 Å². The lowest BCUT2D eigenvalue weighted by atomic mass is 9.84. The molecule has 0 radical (unpaired) electrons. The Morgan fingerprint density at radius 3 is 2.57 bits per heavy atom. The second kappa shape index (κ2) is 7.37. The lowest BCUT2D eigenvalue weighted by molar-refractivity contribution is 0.293. The minimum Gasteiger partial charge on any atom is -0.316 e. The molecule has 1 aromatic carbocycles. The third-order valence-corrected chi connectivity index (χ3v) is 5.88. The maximum atomic E-state index is 4.82. The highest BCUT2D eigenvalue weighted by Gasteiger charge is 2.22. The van der Waals surface area contributed by atoms with Crippen LogP contribution in [0.4, 0.5) is 0 Å². The Balaban J connectivity index is 1.70. The minimum absolute atomic E-state index is 0.587. The van der Waals surface area contributed by atoms with Crippen molar-refractivity contribution in [3.8, 4) is 0 Å². The van der Waals surface area contributed by atoms with E-state index < -0.39 is 0 Å². The summed E-state index contributed by atoms with van der Waals surface area (Å²) in [5.74, 6) is 0.822. The molecule has 3 rings (SSSR count). The quantitative estimate of drug-likeness (QED) is 0.878. The Kier molecular flexibility index (Phi) is 5.26. The Labute approximate surface area is 132 Å². The molecule has 1 atom stereocenters. The van der Waals surface area contributed by atoms with Gasteiger partial charge in [0.2, 0.25) is 0 Å². The van der Waals surface area contributed by atoms with E-state index in [2.05, 4.69) is 36.6 Å². The van der Waals surface area contributed by atoms with E-state index >= 15 is 0 Å². The molecule has 21 heavy (non-hydrogen) atoms. The molecule has 2 nitrogen and oxygen atoms in total. The SMILES string of the molecule is CNC(Cc1nc2ccccc2s1)C1CCCCCCC1. The summed E-state index contributed by atoms with van der Waals surface area (Å²) >= 11 is 1.86. The number of benzene rings is 1. The zero-order valence-corrected chi connectivity index (χ0v) is 13.8. The van der Waals surface area contributed by atoms with Crippen molar-refractivity contribution >= 4 is 21.6 Å². The second-order valence-corrected chi connectivity index (χ2v) is 7.40. The largest absolute Gasteiger partial charge is 0.316 e. The van der Waals surface area contributed by atoms with Crippen molar-refractivity contribution in [3.05, 3.63) is 29.3 Å². The van der Waals surface area contributed by atoms with Gasteiger partial charge >= 0.3 is 0 Å². The van der Waals surface area contributed by atoms with Gasteiger partial charge < -0.3 is 5.32 Å². The summed E-state index contributed by atoms with van der Waals surface area (Å²) in [4.78, 5) is 4.82. The number of aromatic nitrogens is 1. The van der Waals surface area contributed by atoms with Crippen LogP contribution in [0.2, 0.25) is 0 Å². The first-order valence-corrected chi connectivity index (χ1v) is 9.20. The van der Waals surface area contributed by atoms with Crippen molar-refractivity contribution in [3.63, 3.8) is 0 Å². The summed E-state index contributed by atoms with van der Waals surface area (Å²) < 4.78 is 1.32. The van der Waals surface area contributed by atoms with Crippen molar-refractivity contribution in [1.82, 2.24) is 10.3 Å². The number of nitrogens with zero attached hydrogens (tertiary/aromatic N) is 1. The first kappa shape index (κ1) is 15.0. The molecule has 1 aliphatic rings. The molecule has 1 N–H and O–H groups in total. The van der Waals surface area contributed by atoms with Gasteiger partial charge in [0.1, 0.15) is 0 Å². The molecule has 0 saturated heterocycles. The first-order chi connectivity index (χ1) is 10.4. The minimum atomic E-state index is 0.587. The fourth-order valence-corrected chi connectivity index (χ4v) is 4.62. The highest BCUT2D eigenvalue weighted by molar-refractivity contribution is 7.18. The summed E-state index contributed by atoms with van der Waals surface area (Å²) in [7, 11) is 2.12. The van der Waals surface area contributed by atoms with Gasteiger partial charge in [-0.1, -0.05) is 44.2 Å². The molecule has 3 heteroatoms. The maximum absolute atomic E-state index is 4.82. The number of hydrogen-bond donors (Lipinski definition) is 1. The Bertz CT molecular complexity index is 522. The van der Waals surface area contributed by atoms with Gasteiger partial charge in [0.25, 0.3) is 0 Å². The van der Waals surface area contributed by atoms with Gasteiger partial charge in [-0.05, 0) is 37.9 Å². The molecule has 1 saturated carbocycles. The molecule has 1 aromatic heterocycles. The standard InChI is InChI=1S/C18H26N2S/c1-19-16(14-9-5-3-2-4-6-10-14)13-18-20-15-11-7-8-12-17(15)21-18/h7-8,11-12,14,16,19H,2-6,9-10,13H2,1H3. The van der Waals surface area contributed by atoms with Crippen LogP contribution in [0.3, 0.4) is 0 Å². The smallest absolute Gasteiger partial charge is 0.0954 e. The van der Waals surface area contributed by atoms with Crippen molar-refractivity contribution in [2.24, 2.45) is 5.92 Å². The van der Waals surface area contributed by atoms with E-state index in [1.54, 1.807) is 0 Å². The lowest BCUT2D eigenvalue weighted by Gasteiger charge is -2.28. The summed E-state index contributed by atoms with van der Waals surface area (Å²) in [5, 5.41) is 4.87. The summed E-state index contributed by atoms with van der Waals surface area (Å²) in [5.41, 5.74) is 1.16. The van der Waals surface area contributed by atoms with E-state index in [9.17, 15) is 0 Å². The van der Waals surface area contributed by atoms with Gasteiger partial charge in [-0.3, -0.25) is 0 Å². The van der Waals surface area contributed by atoms with E-state index in [0.29, 0.717) is 6.04 Å². The molecular formula is C18H26N2S. The zero-order valence-electron chi connectivity index (χ0n) is 13.0. The van der Waals surface area contributed by atoms with E-state index in [1.165, 1.54) is 54.7 Å².